The van der Waals surface area contributed by atoms with Crippen molar-refractivity contribution in [3.8, 4) is 0 Å². The number of carbonyl (C=O) groups excluding carboxylic acids is 1. The predicted molar refractivity (Wildman–Crippen MR) is 135 cm³/mol. The third-order valence-corrected chi connectivity index (χ3v) is 9.35. The molecule has 190 valence electrons. The summed E-state index contributed by atoms with van der Waals surface area (Å²) in [5.74, 6) is -0.0348. The summed E-state index contributed by atoms with van der Waals surface area (Å²) in [7, 11) is -0.522. The van der Waals surface area contributed by atoms with Crippen molar-refractivity contribution in [1.29, 1.82) is 0 Å². The Morgan fingerprint density at radius 1 is 1.06 bits per heavy atom. The first kappa shape index (κ1) is 25.8. The number of rotatable bonds is 10. The van der Waals surface area contributed by atoms with Crippen LogP contribution in [0.1, 0.15) is 58.6 Å². The molecule has 1 amide bonds. The topological polar surface area (TPSA) is 87.0 Å². The number of piperidine rings is 1. The molecule has 0 aliphatic carbocycles. The molecule has 2 unspecified atom stereocenters. The Labute approximate surface area is 207 Å². The molecular formula is C26H35FN4O3S. The van der Waals surface area contributed by atoms with Crippen LogP contribution in [0, 0.1) is 0 Å². The Kier molecular flexibility index (Phi) is 7.90. The van der Waals surface area contributed by atoms with Gasteiger partial charge in [0.2, 0.25) is 5.91 Å². The van der Waals surface area contributed by atoms with Gasteiger partial charge >= 0.3 is 0 Å². The number of benzene rings is 2. The van der Waals surface area contributed by atoms with Crippen LogP contribution in [0.4, 0.5) is 4.39 Å². The number of hydrogen-bond donors (Lipinski definition) is 1. The van der Waals surface area contributed by atoms with Crippen LogP contribution in [0.3, 0.4) is 0 Å². The number of nitrogens with zero attached hydrogens (tertiary/aromatic N) is 3. The lowest BCUT2D eigenvalue weighted by Crippen LogP contribution is -2.48. The highest BCUT2D eigenvalue weighted by Gasteiger charge is 2.41. The largest absolute Gasteiger partial charge is 0.366 e. The predicted octanol–water partition coefficient (Wildman–Crippen LogP) is 3.27. The molecule has 0 radical (unpaired) electrons. The van der Waals surface area contributed by atoms with Crippen molar-refractivity contribution in [1.82, 2.24) is 13.5 Å². The fourth-order valence-corrected chi connectivity index (χ4v) is 6.62. The van der Waals surface area contributed by atoms with Crippen LogP contribution in [0.5, 0.6) is 0 Å². The van der Waals surface area contributed by atoms with E-state index in [4.69, 9.17) is 5.73 Å². The number of fused-ring (bicyclic) bond motifs is 2. The van der Waals surface area contributed by atoms with E-state index in [-0.39, 0.29) is 6.54 Å². The average Bonchev–Trinajstić information content (AvgIpc) is 3.08. The summed E-state index contributed by atoms with van der Waals surface area (Å²) in [6.45, 7) is 0.767. The molecule has 2 aromatic rings. The van der Waals surface area contributed by atoms with Gasteiger partial charge in [-0.15, -0.1) is 0 Å². The molecule has 2 saturated heterocycles. The van der Waals surface area contributed by atoms with Gasteiger partial charge in [0.25, 0.3) is 10.2 Å². The van der Waals surface area contributed by atoms with Gasteiger partial charge in [0.15, 0.2) is 0 Å². The summed E-state index contributed by atoms with van der Waals surface area (Å²) in [5.41, 5.74) is 8.59. The molecule has 2 aliphatic rings. The molecule has 0 aromatic heterocycles. The van der Waals surface area contributed by atoms with Crippen LogP contribution in [-0.2, 0) is 23.4 Å². The van der Waals surface area contributed by atoms with Crippen LogP contribution >= 0.6 is 0 Å². The molecule has 35 heavy (non-hydrogen) atoms. The number of halogens is 1. The highest BCUT2D eigenvalue weighted by molar-refractivity contribution is 7.86. The van der Waals surface area contributed by atoms with Gasteiger partial charge in [0, 0.05) is 51.4 Å². The van der Waals surface area contributed by atoms with Gasteiger partial charge in [-0.25, -0.2) is 4.39 Å². The lowest BCUT2D eigenvalue weighted by molar-refractivity contribution is 0.0999. The number of carbonyl (C=O) groups is 1. The Hall–Kier alpha value is -2.33. The Morgan fingerprint density at radius 3 is 2.26 bits per heavy atom. The highest BCUT2D eigenvalue weighted by Crippen LogP contribution is 2.43. The lowest BCUT2D eigenvalue weighted by atomic mass is 9.84. The Bertz CT molecular complexity index is 1130. The van der Waals surface area contributed by atoms with Gasteiger partial charge in [-0.2, -0.15) is 17.0 Å². The molecule has 4 rings (SSSR count). The molecule has 2 atom stereocenters. The van der Waals surface area contributed by atoms with Crippen LogP contribution in [-0.4, -0.2) is 67.1 Å². The molecule has 0 spiro atoms. The molecule has 2 aliphatic heterocycles. The summed E-state index contributed by atoms with van der Waals surface area (Å²) in [6.07, 6.45) is 4.18. The molecule has 9 heteroatoms. The van der Waals surface area contributed by atoms with Crippen molar-refractivity contribution in [2.45, 2.75) is 56.9 Å². The van der Waals surface area contributed by atoms with Crippen molar-refractivity contribution in [2.75, 3.05) is 27.2 Å². The van der Waals surface area contributed by atoms with E-state index in [2.05, 4.69) is 11.0 Å². The molecule has 2 bridgehead atoms. The van der Waals surface area contributed by atoms with Gasteiger partial charge in [0.05, 0.1) is 0 Å². The first-order valence-corrected chi connectivity index (χ1v) is 13.6. The zero-order valence-corrected chi connectivity index (χ0v) is 21.3. The number of hydrogen-bond acceptors (Lipinski definition) is 4. The minimum Gasteiger partial charge on any atom is -0.366 e. The fraction of sp³-hybridized carbons (Fsp3) is 0.500. The van der Waals surface area contributed by atoms with E-state index in [0.717, 1.165) is 36.8 Å². The monoisotopic (exact) mass is 502 g/mol. The molecule has 0 saturated carbocycles. The quantitative estimate of drug-likeness (QED) is 0.540. The van der Waals surface area contributed by atoms with Crippen LogP contribution in [0.25, 0.3) is 0 Å². The molecule has 2 N–H and O–H groups in total. The van der Waals surface area contributed by atoms with Gasteiger partial charge in [-0.05, 0) is 60.4 Å². The van der Waals surface area contributed by atoms with E-state index in [1.807, 2.05) is 12.1 Å². The molecular weight excluding hydrogens is 467 g/mol. The molecule has 2 aromatic carbocycles. The number of amides is 1. The zero-order chi connectivity index (χ0) is 25.2. The highest BCUT2D eigenvalue weighted by atomic mass is 32.2. The smallest absolute Gasteiger partial charge is 0.281 e. The number of nitrogens with two attached hydrogens (primary N) is 1. The summed E-state index contributed by atoms with van der Waals surface area (Å²) >= 11 is 0. The zero-order valence-electron chi connectivity index (χ0n) is 20.4. The van der Waals surface area contributed by atoms with Crippen molar-refractivity contribution < 1.29 is 17.6 Å². The van der Waals surface area contributed by atoms with Gasteiger partial charge in [0.1, 0.15) is 6.67 Å². The number of alkyl halides is 1. The van der Waals surface area contributed by atoms with Gasteiger partial charge in [-0.1, -0.05) is 36.4 Å². The van der Waals surface area contributed by atoms with Crippen LogP contribution in [0.15, 0.2) is 48.5 Å². The first-order valence-electron chi connectivity index (χ1n) is 12.2. The van der Waals surface area contributed by atoms with Gasteiger partial charge in [-0.3, -0.25) is 9.69 Å². The maximum Gasteiger partial charge on any atom is 0.281 e. The fourth-order valence-electron chi connectivity index (χ4n) is 5.53. The van der Waals surface area contributed by atoms with Crippen LogP contribution < -0.4 is 5.73 Å². The van der Waals surface area contributed by atoms with E-state index < -0.39 is 22.8 Å². The number of primary amides is 1. The minimum atomic E-state index is -3.61. The average molecular weight is 503 g/mol. The normalized spacial score (nSPS) is 22.7. The third kappa shape index (κ3) is 5.74. The summed E-state index contributed by atoms with van der Waals surface area (Å²) in [6, 6.07) is 15.4. The maximum absolute atomic E-state index is 13.1. The molecule has 2 fully saturated rings. The minimum absolute atomic E-state index is 0.249. The lowest BCUT2D eigenvalue weighted by Gasteiger charge is -2.40. The molecule has 7 nitrogen and oxygen atoms in total. The van der Waals surface area contributed by atoms with Crippen molar-refractivity contribution >= 4 is 16.1 Å². The van der Waals surface area contributed by atoms with Crippen LogP contribution in [0.2, 0.25) is 0 Å². The second-order valence-corrected chi connectivity index (χ2v) is 12.0. The maximum atomic E-state index is 13.1. The first-order chi connectivity index (χ1) is 16.7. The summed E-state index contributed by atoms with van der Waals surface area (Å²) < 4.78 is 41.8. The van der Waals surface area contributed by atoms with E-state index in [9.17, 15) is 17.6 Å². The van der Waals surface area contributed by atoms with E-state index >= 15 is 0 Å². The van der Waals surface area contributed by atoms with Crippen molar-refractivity contribution in [3.63, 3.8) is 0 Å². The summed E-state index contributed by atoms with van der Waals surface area (Å²) in [5, 5.41) is 0. The SMILES string of the molecule is CN(C)S(=O)(=O)N(CCN1C2CCC1CC(c1cccc(C(N)=O)c1)C2)Cc1ccc(CF)cc1. The second-order valence-electron chi connectivity index (χ2n) is 9.85. The Balaban J connectivity index is 1.44. The third-order valence-electron chi connectivity index (χ3n) is 7.46. The summed E-state index contributed by atoms with van der Waals surface area (Å²) in [4.78, 5) is 14.1. The van der Waals surface area contributed by atoms with E-state index in [1.54, 1.807) is 44.4 Å². The van der Waals surface area contributed by atoms with Crippen molar-refractivity contribution in [2.24, 2.45) is 5.73 Å². The standard InChI is InChI=1S/C26H35FN4O3S/c1-29(2)35(33,34)30(18-20-8-6-19(17-27)7-9-20)12-13-31-24-10-11-25(31)16-23(15-24)21-4-3-5-22(14-21)26(28)32/h3-9,14,23-25H,10-13,15-18H2,1-2H3,(H2,28,32). The Morgan fingerprint density at radius 2 is 1.69 bits per heavy atom. The van der Waals surface area contributed by atoms with E-state index in [1.165, 1.54) is 8.61 Å². The molecule has 2 heterocycles. The van der Waals surface area contributed by atoms with Crippen molar-refractivity contribution in [3.05, 3.63) is 70.8 Å². The van der Waals surface area contributed by atoms with E-state index in [0.29, 0.717) is 42.2 Å². The van der Waals surface area contributed by atoms with Gasteiger partial charge < -0.3 is 5.73 Å². The second kappa shape index (κ2) is 10.7.